The molecule has 0 heterocycles. The van der Waals surface area contributed by atoms with Gasteiger partial charge in [0.2, 0.25) is 0 Å². The number of rotatable bonds is 6. The fourth-order valence-corrected chi connectivity index (χ4v) is 1.92. The number of nitrogens with zero attached hydrogens (tertiary/aromatic N) is 1. The van der Waals surface area contributed by atoms with E-state index in [-0.39, 0.29) is 5.54 Å². The quantitative estimate of drug-likeness (QED) is 0.789. The number of nitrogens with one attached hydrogen (secondary N) is 1. The standard InChI is InChI=1S/C17H26N2/c1-6-13-19(5)14-16-9-7-15(8-10-16)11-12-18-17(2,3)4/h1,7-10,18H,11-14H2,2-5H3. The second-order valence-electron chi connectivity index (χ2n) is 6.12. The topological polar surface area (TPSA) is 15.3 Å². The molecular weight excluding hydrogens is 232 g/mol. The van der Waals surface area contributed by atoms with Gasteiger partial charge in [-0.3, -0.25) is 4.90 Å². The summed E-state index contributed by atoms with van der Waals surface area (Å²) in [6.45, 7) is 9.19. The Bertz CT molecular complexity index is 406. The second kappa shape index (κ2) is 7.33. The minimum absolute atomic E-state index is 0.192. The van der Waals surface area contributed by atoms with Crippen molar-refractivity contribution in [3.05, 3.63) is 35.4 Å². The first-order valence-corrected chi connectivity index (χ1v) is 6.85. The third-order valence-corrected chi connectivity index (χ3v) is 2.91. The van der Waals surface area contributed by atoms with E-state index >= 15 is 0 Å². The summed E-state index contributed by atoms with van der Waals surface area (Å²) in [6.07, 6.45) is 6.37. The molecule has 0 saturated heterocycles. The maximum atomic E-state index is 5.30. The van der Waals surface area contributed by atoms with Crippen LogP contribution in [0.4, 0.5) is 0 Å². The molecule has 1 aromatic rings. The summed E-state index contributed by atoms with van der Waals surface area (Å²) < 4.78 is 0. The molecule has 0 radical (unpaired) electrons. The van der Waals surface area contributed by atoms with Gasteiger partial charge in [-0.25, -0.2) is 0 Å². The van der Waals surface area contributed by atoms with Gasteiger partial charge in [-0.15, -0.1) is 6.42 Å². The van der Waals surface area contributed by atoms with E-state index in [1.165, 1.54) is 11.1 Å². The van der Waals surface area contributed by atoms with Crippen LogP contribution in [0.15, 0.2) is 24.3 Å². The van der Waals surface area contributed by atoms with Gasteiger partial charge in [0.25, 0.3) is 0 Å². The van der Waals surface area contributed by atoms with Crippen LogP contribution in [-0.2, 0) is 13.0 Å². The van der Waals surface area contributed by atoms with Gasteiger partial charge in [-0.2, -0.15) is 0 Å². The monoisotopic (exact) mass is 258 g/mol. The van der Waals surface area contributed by atoms with Crippen LogP contribution in [0.3, 0.4) is 0 Å². The van der Waals surface area contributed by atoms with Crippen LogP contribution in [0.25, 0.3) is 0 Å². The van der Waals surface area contributed by atoms with E-state index in [1.807, 2.05) is 7.05 Å². The molecule has 0 spiro atoms. The number of hydrogen-bond acceptors (Lipinski definition) is 2. The van der Waals surface area contributed by atoms with E-state index in [0.29, 0.717) is 6.54 Å². The molecule has 0 bridgehead atoms. The molecule has 2 nitrogen and oxygen atoms in total. The van der Waals surface area contributed by atoms with Crippen LogP contribution in [0.5, 0.6) is 0 Å². The summed E-state index contributed by atoms with van der Waals surface area (Å²) in [5.74, 6) is 2.66. The molecule has 0 atom stereocenters. The van der Waals surface area contributed by atoms with Crippen LogP contribution < -0.4 is 5.32 Å². The van der Waals surface area contributed by atoms with Gasteiger partial charge in [0.15, 0.2) is 0 Å². The van der Waals surface area contributed by atoms with Crippen molar-refractivity contribution in [3.63, 3.8) is 0 Å². The summed E-state index contributed by atoms with van der Waals surface area (Å²) in [5, 5.41) is 3.50. The van der Waals surface area contributed by atoms with E-state index in [0.717, 1.165) is 19.5 Å². The van der Waals surface area contributed by atoms with E-state index in [9.17, 15) is 0 Å². The minimum atomic E-state index is 0.192. The zero-order valence-corrected chi connectivity index (χ0v) is 12.7. The van der Waals surface area contributed by atoms with Gasteiger partial charge in [0.05, 0.1) is 6.54 Å². The highest BCUT2D eigenvalue weighted by Gasteiger charge is 2.07. The number of hydrogen-bond donors (Lipinski definition) is 1. The Morgan fingerprint density at radius 1 is 1.16 bits per heavy atom. The van der Waals surface area contributed by atoms with Crippen molar-refractivity contribution in [2.45, 2.75) is 39.3 Å². The molecule has 1 aromatic carbocycles. The Morgan fingerprint density at radius 3 is 2.26 bits per heavy atom. The molecule has 0 aliphatic carbocycles. The Kier molecular flexibility index (Phi) is 6.08. The fourth-order valence-electron chi connectivity index (χ4n) is 1.92. The number of benzene rings is 1. The van der Waals surface area contributed by atoms with Crippen LogP contribution in [-0.4, -0.2) is 30.6 Å². The average Bonchev–Trinajstić information content (AvgIpc) is 2.30. The van der Waals surface area contributed by atoms with Crippen molar-refractivity contribution in [1.82, 2.24) is 10.2 Å². The van der Waals surface area contributed by atoms with Crippen molar-refractivity contribution >= 4 is 0 Å². The van der Waals surface area contributed by atoms with Gasteiger partial charge in [0, 0.05) is 12.1 Å². The molecular formula is C17H26N2. The zero-order chi connectivity index (χ0) is 14.3. The van der Waals surface area contributed by atoms with Crippen LogP contribution in [0.2, 0.25) is 0 Å². The number of terminal acetylenes is 1. The van der Waals surface area contributed by atoms with Crippen molar-refractivity contribution in [3.8, 4) is 12.3 Å². The van der Waals surface area contributed by atoms with Crippen LogP contribution >= 0.6 is 0 Å². The molecule has 2 heteroatoms. The lowest BCUT2D eigenvalue weighted by molar-refractivity contribution is 0.369. The summed E-state index contributed by atoms with van der Waals surface area (Å²) in [7, 11) is 2.04. The smallest absolute Gasteiger partial charge is 0.0599 e. The Labute approximate surface area is 118 Å². The largest absolute Gasteiger partial charge is 0.312 e. The predicted molar refractivity (Wildman–Crippen MR) is 83.1 cm³/mol. The van der Waals surface area contributed by atoms with Crippen molar-refractivity contribution in [2.24, 2.45) is 0 Å². The maximum Gasteiger partial charge on any atom is 0.0599 e. The molecule has 104 valence electrons. The summed E-state index contributed by atoms with van der Waals surface area (Å²) in [6, 6.07) is 8.81. The van der Waals surface area contributed by atoms with Gasteiger partial charge < -0.3 is 5.32 Å². The summed E-state index contributed by atoms with van der Waals surface area (Å²) >= 11 is 0. The van der Waals surface area contributed by atoms with Gasteiger partial charge in [0.1, 0.15) is 0 Å². The molecule has 0 fully saturated rings. The summed E-state index contributed by atoms with van der Waals surface area (Å²) in [4.78, 5) is 2.14. The first kappa shape index (κ1) is 15.8. The third-order valence-electron chi connectivity index (χ3n) is 2.91. The molecule has 0 aliphatic heterocycles. The fraction of sp³-hybridized carbons (Fsp3) is 0.529. The zero-order valence-electron chi connectivity index (χ0n) is 12.7. The Hall–Kier alpha value is -1.30. The predicted octanol–water partition coefficient (Wildman–Crippen LogP) is 2.68. The van der Waals surface area contributed by atoms with Gasteiger partial charge in [-0.1, -0.05) is 30.2 Å². The lowest BCUT2D eigenvalue weighted by Crippen LogP contribution is -2.37. The van der Waals surface area contributed by atoms with E-state index in [4.69, 9.17) is 6.42 Å². The minimum Gasteiger partial charge on any atom is -0.312 e. The highest BCUT2D eigenvalue weighted by atomic mass is 15.1. The average molecular weight is 258 g/mol. The summed E-state index contributed by atoms with van der Waals surface area (Å²) in [5.41, 5.74) is 2.88. The first-order valence-electron chi connectivity index (χ1n) is 6.85. The highest BCUT2D eigenvalue weighted by molar-refractivity contribution is 5.22. The Balaban J connectivity index is 2.42. The van der Waals surface area contributed by atoms with E-state index in [2.05, 4.69) is 61.2 Å². The molecule has 0 aliphatic rings. The Morgan fingerprint density at radius 2 is 1.74 bits per heavy atom. The van der Waals surface area contributed by atoms with Crippen molar-refractivity contribution < 1.29 is 0 Å². The highest BCUT2D eigenvalue weighted by Crippen LogP contribution is 2.08. The first-order chi connectivity index (χ1) is 8.90. The molecule has 1 N–H and O–H groups in total. The normalized spacial score (nSPS) is 11.6. The second-order valence-corrected chi connectivity index (χ2v) is 6.12. The van der Waals surface area contributed by atoms with Crippen LogP contribution in [0, 0.1) is 12.3 Å². The van der Waals surface area contributed by atoms with Crippen molar-refractivity contribution in [1.29, 1.82) is 0 Å². The van der Waals surface area contributed by atoms with Gasteiger partial charge in [-0.05, 0) is 51.9 Å². The molecule has 0 aromatic heterocycles. The molecule has 0 saturated carbocycles. The van der Waals surface area contributed by atoms with Crippen LogP contribution in [0.1, 0.15) is 31.9 Å². The lowest BCUT2D eigenvalue weighted by Gasteiger charge is -2.20. The van der Waals surface area contributed by atoms with E-state index < -0.39 is 0 Å². The lowest BCUT2D eigenvalue weighted by atomic mass is 10.1. The van der Waals surface area contributed by atoms with Crippen molar-refractivity contribution in [2.75, 3.05) is 20.1 Å². The molecule has 0 unspecified atom stereocenters. The van der Waals surface area contributed by atoms with E-state index in [1.54, 1.807) is 0 Å². The third kappa shape index (κ3) is 7.00. The molecule has 19 heavy (non-hydrogen) atoms. The maximum absolute atomic E-state index is 5.30. The van der Waals surface area contributed by atoms with Gasteiger partial charge >= 0.3 is 0 Å². The molecule has 0 amide bonds. The molecule has 1 rings (SSSR count). The SMILES string of the molecule is C#CCN(C)Cc1ccc(CCNC(C)(C)C)cc1.